The molecule has 2 heterocycles. The number of urea groups is 1. The van der Waals surface area contributed by atoms with Crippen LogP contribution >= 0.6 is 0 Å². The largest absolute Gasteiger partial charge is 0.481 e. The van der Waals surface area contributed by atoms with Crippen molar-refractivity contribution in [1.29, 1.82) is 0 Å². The van der Waals surface area contributed by atoms with Crippen LogP contribution in [0.2, 0.25) is 0 Å². The van der Waals surface area contributed by atoms with Crippen LogP contribution in [0.1, 0.15) is 25.7 Å². The number of hydrogen-bond acceptors (Lipinski definition) is 3. The van der Waals surface area contributed by atoms with Crippen LogP contribution in [0.5, 0.6) is 0 Å². The van der Waals surface area contributed by atoms with E-state index in [2.05, 4.69) is 0 Å². The van der Waals surface area contributed by atoms with Crippen molar-refractivity contribution in [2.45, 2.75) is 25.7 Å². The van der Waals surface area contributed by atoms with Crippen molar-refractivity contribution in [2.75, 3.05) is 39.9 Å². The molecular weight excluding hydrogens is 260 g/mol. The summed E-state index contributed by atoms with van der Waals surface area (Å²) in [5.74, 6) is -0.0680. The predicted molar refractivity (Wildman–Crippen MR) is 73.5 cm³/mol. The van der Waals surface area contributed by atoms with Crippen LogP contribution in [-0.2, 0) is 9.53 Å². The van der Waals surface area contributed by atoms with Gasteiger partial charge in [-0.25, -0.2) is 4.79 Å². The molecule has 1 N–H and O–H groups in total. The number of amides is 2. The lowest BCUT2D eigenvalue weighted by Crippen LogP contribution is -2.46. The zero-order valence-corrected chi connectivity index (χ0v) is 12.1. The Kier molecular flexibility index (Phi) is 5.23. The molecule has 2 aliphatic rings. The topological polar surface area (TPSA) is 70.1 Å². The van der Waals surface area contributed by atoms with Gasteiger partial charge in [-0.05, 0) is 25.2 Å². The predicted octanol–water partition coefficient (Wildman–Crippen LogP) is 1.26. The van der Waals surface area contributed by atoms with Crippen LogP contribution in [0.3, 0.4) is 0 Å². The van der Waals surface area contributed by atoms with Crippen LogP contribution in [0, 0.1) is 11.8 Å². The molecule has 6 nitrogen and oxygen atoms in total. The van der Waals surface area contributed by atoms with Crippen LogP contribution in [-0.4, -0.2) is 66.8 Å². The molecule has 2 aliphatic heterocycles. The van der Waals surface area contributed by atoms with Gasteiger partial charge in [0.1, 0.15) is 0 Å². The van der Waals surface area contributed by atoms with E-state index in [1.54, 1.807) is 7.11 Å². The molecule has 2 fully saturated rings. The van der Waals surface area contributed by atoms with Crippen molar-refractivity contribution in [3.8, 4) is 0 Å². The lowest BCUT2D eigenvalue weighted by atomic mass is 9.94. The highest BCUT2D eigenvalue weighted by atomic mass is 16.5. The molecule has 20 heavy (non-hydrogen) atoms. The Hall–Kier alpha value is -1.30. The maximum atomic E-state index is 12.4. The summed E-state index contributed by atoms with van der Waals surface area (Å²) in [5, 5.41) is 8.79. The highest BCUT2D eigenvalue weighted by Crippen LogP contribution is 2.23. The Labute approximate surface area is 119 Å². The molecule has 2 saturated heterocycles. The van der Waals surface area contributed by atoms with Crippen molar-refractivity contribution in [3.63, 3.8) is 0 Å². The summed E-state index contributed by atoms with van der Waals surface area (Å²) < 4.78 is 5.14. The first kappa shape index (κ1) is 15.1. The molecule has 6 heteroatoms. The van der Waals surface area contributed by atoms with Gasteiger partial charge >= 0.3 is 12.0 Å². The molecule has 0 radical (unpaired) electrons. The number of ether oxygens (including phenoxy) is 1. The molecule has 0 aromatic heterocycles. The second-order valence-electron chi connectivity index (χ2n) is 5.87. The summed E-state index contributed by atoms with van der Waals surface area (Å²) in [5.41, 5.74) is 0. The second-order valence-corrected chi connectivity index (χ2v) is 5.87. The number of methoxy groups -OCH3 is 1. The monoisotopic (exact) mass is 284 g/mol. The van der Waals surface area contributed by atoms with Gasteiger partial charge in [-0.1, -0.05) is 0 Å². The van der Waals surface area contributed by atoms with E-state index < -0.39 is 5.97 Å². The minimum atomic E-state index is -0.739. The first-order valence-corrected chi connectivity index (χ1v) is 7.34. The zero-order valence-electron chi connectivity index (χ0n) is 12.1. The van der Waals surface area contributed by atoms with Gasteiger partial charge in [-0.15, -0.1) is 0 Å². The molecule has 2 rings (SSSR count). The number of aliphatic carboxylic acids is 1. The molecule has 0 aromatic carbocycles. The summed E-state index contributed by atoms with van der Waals surface area (Å²) in [6.07, 6.45) is 2.83. The Balaban J connectivity index is 1.76. The fourth-order valence-electron chi connectivity index (χ4n) is 3.15. The second kappa shape index (κ2) is 6.92. The fourth-order valence-corrected chi connectivity index (χ4v) is 3.15. The average Bonchev–Trinajstić information content (AvgIpc) is 2.87. The molecule has 0 aromatic rings. The number of carbonyl (C=O) groups is 2. The standard InChI is InChI=1S/C14H24N2O4/c1-20-10-12-4-7-16(9-12)14(19)15-5-2-11(3-6-15)8-13(17)18/h11-12H,2-10H2,1H3,(H,17,18). The number of rotatable bonds is 4. The molecule has 2 amide bonds. The lowest BCUT2D eigenvalue weighted by molar-refractivity contribution is -0.138. The summed E-state index contributed by atoms with van der Waals surface area (Å²) in [4.78, 5) is 26.8. The van der Waals surface area contributed by atoms with Crippen LogP contribution in [0.25, 0.3) is 0 Å². The summed E-state index contributed by atoms with van der Waals surface area (Å²) in [6.45, 7) is 3.67. The third-order valence-electron chi connectivity index (χ3n) is 4.31. The van der Waals surface area contributed by atoms with Gasteiger partial charge in [0.2, 0.25) is 0 Å². The molecule has 1 atom stereocenters. The smallest absolute Gasteiger partial charge is 0.320 e. The molecule has 114 valence electrons. The van der Waals surface area contributed by atoms with Gasteiger partial charge in [-0.2, -0.15) is 0 Å². The summed E-state index contributed by atoms with van der Waals surface area (Å²) >= 11 is 0. The van der Waals surface area contributed by atoms with E-state index in [0.717, 1.165) is 32.4 Å². The van der Waals surface area contributed by atoms with E-state index >= 15 is 0 Å². The van der Waals surface area contributed by atoms with Crippen molar-refractivity contribution in [3.05, 3.63) is 0 Å². The van der Waals surface area contributed by atoms with Gasteiger partial charge in [0, 0.05) is 45.6 Å². The van der Waals surface area contributed by atoms with Gasteiger partial charge in [0.05, 0.1) is 6.61 Å². The molecule has 0 aliphatic carbocycles. The van der Waals surface area contributed by atoms with E-state index in [0.29, 0.717) is 25.6 Å². The third-order valence-corrected chi connectivity index (χ3v) is 4.31. The Morgan fingerprint density at radius 1 is 1.10 bits per heavy atom. The molecular formula is C14H24N2O4. The minimum Gasteiger partial charge on any atom is -0.481 e. The van der Waals surface area contributed by atoms with Crippen LogP contribution in [0.15, 0.2) is 0 Å². The van der Waals surface area contributed by atoms with Crippen molar-refractivity contribution >= 4 is 12.0 Å². The van der Waals surface area contributed by atoms with E-state index in [1.165, 1.54) is 0 Å². The molecule has 1 unspecified atom stereocenters. The van der Waals surface area contributed by atoms with Gasteiger partial charge in [-0.3, -0.25) is 4.79 Å². The number of nitrogens with zero attached hydrogens (tertiary/aromatic N) is 2. The number of carboxylic acid groups (broad SMARTS) is 1. The number of carbonyl (C=O) groups excluding carboxylic acids is 1. The lowest BCUT2D eigenvalue weighted by Gasteiger charge is -2.34. The Morgan fingerprint density at radius 2 is 1.70 bits per heavy atom. The number of hydrogen-bond donors (Lipinski definition) is 1. The molecule has 0 saturated carbocycles. The van der Waals surface area contributed by atoms with Crippen molar-refractivity contribution in [2.24, 2.45) is 11.8 Å². The van der Waals surface area contributed by atoms with Gasteiger partial charge in [0.25, 0.3) is 0 Å². The number of piperidine rings is 1. The van der Waals surface area contributed by atoms with Crippen molar-refractivity contribution in [1.82, 2.24) is 9.80 Å². The van der Waals surface area contributed by atoms with Gasteiger partial charge in [0.15, 0.2) is 0 Å². The normalized spacial score (nSPS) is 24.1. The highest BCUT2D eigenvalue weighted by molar-refractivity contribution is 5.75. The minimum absolute atomic E-state index is 0.109. The first-order valence-electron chi connectivity index (χ1n) is 7.34. The molecule has 0 spiro atoms. The van der Waals surface area contributed by atoms with E-state index in [1.807, 2.05) is 9.80 Å². The number of carboxylic acids is 1. The Morgan fingerprint density at radius 3 is 2.30 bits per heavy atom. The fraction of sp³-hybridized carbons (Fsp3) is 0.857. The maximum absolute atomic E-state index is 12.4. The highest BCUT2D eigenvalue weighted by Gasteiger charge is 2.31. The van der Waals surface area contributed by atoms with Crippen LogP contribution < -0.4 is 0 Å². The van der Waals surface area contributed by atoms with E-state index in [-0.39, 0.29) is 18.4 Å². The maximum Gasteiger partial charge on any atom is 0.320 e. The van der Waals surface area contributed by atoms with E-state index in [9.17, 15) is 9.59 Å². The third kappa shape index (κ3) is 3.85. The van der Waals surface area contributed by atoms with E-state index in [4.69, 9.17) is 9.84 Å². The summed E-state index contributed by atoms with van der Waals surface area (Å²) in [6, 6.07) is 0.109. The Bertz CT molecular complexity index is 353. The zero-order chi connectivity index (χ0) is 14.5. The number of likely N-dealkylation sites (tertiary alicyclic amines) is 2. The average molecular weight is 284 g/mol. The molecule has 0 bridgehead atoms. The quantitative estimate of drug-likeness (QED) is 0.844. The van der Waals surface area contributed by atoms with Gasteiger partial charge < -0.3 is 19.6 Å². The van der Waals surface area contributed by atoms with Crippen LogP contribution in [0.4, 0.5) is 4.79 Å². The first-order chi connectivity index (χ1) is 9.60. The summed E-state index contributed by atoms with van der Waals surface area (Å²) in [7, 11) is 1.69. The SMILES string of the molecule is COCC1CCN(C(=O)N2CCC(CC(=O)O)CC2)C1. The van der Waals surface area contributed by atoms with Crippen molar-refractivity contribution < 1.29 is 19.4 Å².